The first-order valence-corrected chi connectivity index (χ1v) is 10.6. The van der Waals surface area contributed by atoms with Gasteiger partial charge in [0, 0.05) is 42.8 Å². The molecule has 0 saturated carbocycles. The van der Waals surface area contributed by atoms with Gasteiger partial charge < -0.3 is 19.9 Å². The molecule has 1 saturated heterocycles. The van der Waals surface area contributed by atoms with Crippen molar-refractivity contribution >= 4 is 29.3 Å². The number of aromatic hydroxyl groups is 1. The molecule has 0 bridgehead atoms. The molecule has 1 fully saturated rings. The summed E-state index contributed by atoms with van der Waals surface area (Å²) in [6.07, 6.45) is 2.55. The van der Waals surface area contributed by atoms with Crippen LogP contribution in [0.25, 0.3) is 0 Å². The summed E-state index contributed by atoms with van der Waals surface area (Å²) in [7, 11) is 1.31. The van der Waals surface area contributed by atoms with Crippen molar-refractivity contribution in [2.45, 2.75) is 37.6 Å². The SMILES string of the molecule is COC(=O)CC1(NC(=O)c2cc(CC(=O)Cc3cc(Cl)ccc3O)ccn2)CCOCC1. The van der Waals surface area contributed by atoms with Crippen LogP contribution in [0.4, 0.5) is 0 Å². The van der Waals surface area contributed by atoms with E-state index in [0.29, 0.717) is 42.2 Å². The van der Waals surface area contributed by atoms with E-state index < -0.39 is 17.4 Å². The number of hydrogen-bond donors (Lipinski definition) is 2. The number of ether oxygens (including phenoxy) is 2. The molecule has 0 radical (unpaired) electrons. The van der Waals surface area contributed by atoms with Crippen LogP contribution in [-0.4, -0.2) is 53.6 Å². The number of ketones is 1. The number of nitrogens with zero attached hydrogens (tertiary/aromatic N) is 1. The van der Waals surface area contributed by atoms with Gasteiger partial charge in [0.15, 0.2) is 0 Å². The summed E-state index contributed by atoms with van der Waals surface area (Å²) in [5.74, 6) is -0.988. The molecule has 1 aromatic heterocycles. The average molecular weight is 461 g/mol. The van der Waals surface area contributed by atoms with Crippen molar-refractivity contribution in [3.05, 3.63) is 58.4 Å². The van der Waals surface area contributed by atoms with E-state index in [-0.39, 0.29) is 36.5 Å². The minimum absolute atomic E-state index is 0.00455. The summed E-state index contributed by atoms with van der Waals surface area (Å²) in [4.78, 5) is 41.4. The Bertz CT molecular complexity index is 1000. The highest BCUT2D eigenvalue weighted by atomic mass is 35.5. The molecule has 0 atom stereocenters. The third-order valence-electron chi connectivity index (χ3n) is 5.43. The Hall–Kier alpha value is -2.97. The molecule has 2 aromatic rings. The van der Waals surface area contributed by atoms with Gasteiger partial charge in [0.05, 0.1) is 19.1 Å². The van der Waals surface area contributed by atoms with Gasteiger partial charge in [0.25, 0.3) is 5.91 Å². The Morgan fingerprint density at radius 1 is 1.19 bits per heavy atom. The van der Waals surface area contributed by atoms with E-state index in [4.69, 9.17) is 21.1 Å². The normalized spacial score (nSPS) is 15.1. The van der Waals surface area contributed by atoms with Gasteiger partial charge in [0.1, 0.15) is 17.2 Å². The van der Waals surface area contributed by atoms with Gasteiger partial charge in [-0.15, -0.1) is 0 Å². The van der Waals surface area contributed by atoms with Crippen molar-refractivity contribution in [3.8, 4) is 5.75 Å². The first kappa shape index (κ1) is 23.7. The fraction of sp³-hybridized carbons (Fsp3) is 0.391. The molecule has 1 aliphatic rings. The summed E-state index contributed by atoms with van der Waals surface area (Å²) >= 11 is 5.94. The molecule has 2 N–H and O–H groups in total. The predicted molar refractivity (Wildman–Crippen MR) is 117 cm³/mol. The van der Waals surface area contributed by atoms with Gasteiger partial charge in [0.2, 0.25) is 0 Å². The molecular weight excluding hydrogens is 436 g/mol. The second-order valence-electron chi connectivity index (χ2n) is 7.81. The first-order valence-electron chi connectivity index (χ1n) is 10.2. The van der Waals surface area contributed by atoms with Gasteiger partial charge in [-0.25, -0.2) is 0 Å². The topological polar surface area (TPSA) is 115 Å². The van der Waals surface area contributed by atoms with Crippen molar-refractivity contribution in [3.63, 3.8) is 0 Å². The number of pyridine rings is 1. The smallest absolute Gasteiger partial charge is 0.307 e. The zero-order chi connectivity index (χ0) is 23.1. The number of phenols is 1. The average Bonchev–Trinajstić information content (AvgIpc) is 2.76. The van der Waals surface area contributed by atoms with E-state index in [9.17, 15) is 19.5 Å². The number of carbonyl (C=O) groups is 3. The molecular formula is C23H25ClN2O6. The summed E-state index contributed by atoms with van der Waals surface area (Å²) in [5, 5.41) is 13.3. The number of phenolic OH excluding ortho intramolecular Hbond substituents is 1. The van der Waals surface area contributed by atoms with Crippen LogP contribution >= 0.6 is 11.6 Å². The Morgan fingerprint density at radius 2 is 1.94 bits per heavy atom. The molecule has 1 aliphatic heterocycles. The van der Waals surface area contributed by atoms with Gasteiger partial charge >= 0.3 is 5.97 Å². The number of rotatable bonds is 8. The van der Waals surface area contributed by atoms with Crippen LogP contribution in [0.1, 0.15) is 40.9 Å². The lowest BCUT2D eigenvalue weighted by atomic mass is 9.86. The van der Waals surface area contributed by atoms with Gasteiger partial charge in [-0.3, -0.25) is 19.4 Å². The number of methoxy groups -OCH3 is 1. The van der Waals surface area contributed by atoms with E-state index in [1.807, 2.05) is 0 Å². The molecule has 170 valence electrons. The minimum Gasteiger partial charge on any atom is -0.508 e. The van der Waals surface area contributed by atoms with Crippen LogP contribution in [0.2, 0.25) is 5.02 Å². The fourth-order valence-electron chi connectivity index (χ4n) is 3.67. The second kappa shape index (κ2) is 10.6. The van der Waals surface area contributed by atoms with E-state index in [0.717, 1.165) is 0 Å². The van der Waals surface area contributed by atoms with Gasteiger partial charge in [-0.05, 0) is 48.7 Å². The van der Waals surface area contributed by atoms with E-state index in [1.165, 1.54) is 19.4 Å². The number of carbonyl (C=O) groups excluding carboxylic acids is 3. The number of amides is 1. The number of aromatic nitrogens is 1. The number of nitrogens with one attached hydrogen (secondary N) is 1. The lowest BCUT2D eigenvalue weighted by molar-refractivity contribution is -0.143. The molecule has 1 amide bonds. The van der Waals surface area contributed by atoms with Gasteiger partial charge in [-0.2, -0.15) is 0 Å². The van der Waals surface area contributed by atoms with Crippen molar-refractivity contribution < 1.29 is 29.0 Å². The molecule has 0 unspecified atom stereocenters. The van der Waals surface area contributed by atoms with Crippen molar-refractivity contribution in [1.29, 1.82) is 0 Å². The molecule has 0 spiro atoms. The number of benzene rings is 1. The molecule has 1 aromatic carbocycles. The lowest BCUT2D eigenvalue weighted by Gasteiger charge is -2.37. The second-order valence-corrected chi connectivity index (χ2v) is 8.25. The Balaban J connectivity index is 1.69. The highest BCUT2D eigenvalue weighted by Crippen LogP contribution is 2.26. The Kier molecular flexibility index (Phi) is 7.82. The van der Waals surface area contributed by atoms with Gasteiger partial charge in [-0.1, -0.05) is 11.6 Å². The largest absolute Gasteiger partial charge is 0.508 e. The summed E-state index contributed by atoms with van der Waals surface area (Å²) in [5.41, 5.74) is 0.445. The first-order chi connectivity index (χ1) is 15.3. The zero-order valence-corrected chi connectivity index (χ0v) is 18.5. The summed E-state index contributed by atoms with van der Waals surface area (Å²) in [6, 6.07) is 7.75. The van der Waals surface area contributed by atoms with Crippen molar-refractivity contribution in [2.24, 2.45) is 0 Å². The van der Waals surface area contributed by atoms with Crippen molar-refractivity contribution in [1.82, 2.24) is 10.3 Å². The van der Waals surface area contributed by atoms with E-state index in [1.54, 1.807) is 24.3 Å². The Labute approximate surface area is 190 Å². The Morgan fingerprint density at radius 3 is 2.66 bits per heavy atom. The molecule has 8 nitrogen and oxygen atoms in total. The van der Waals surface area contributed by atoms with Crippen LogP contribution in [-0.2, 0) is 31.9 Å². The maximum Gasteiger partial charge on any atom is 0.307 e. The van der Waals surface area contributed by atoms with Crippen LogP contribution in [0.3, 0.4) is 0 Å². The fourth-order valence-corrected chi connectivity index (χ4v) is 3.86. The predicted octanol–water partition coefficient (Wildman–Crippen LogP) is 2.64. The molecule has 3 rings (SSSR count). The van der Waals surface area contributed by atoms with E-state index in [2.05, 4.69) is 10.3 Å². The molecule has 0 aliphatic carbocycles. The summed E-state index contributed by atoms with van der Waals surface area (Å²) < 4.78 is 10.2. The minimum atomic E-state index is -0.764. The van der Waals surface area contributed by atoms with Crippen LogP contribution < -0.4 is 5.32 Å². The standard InChI is InChI=1S/C23H25ClN2O6/c1-31-21(29)14-23(5-8-32-9-6-23)26-22(30)19-11-15(4-7-25-19)10-18(27)13-16-12-17(24)2-3-20(16)28/h2-4,7,11-12,28H,5-6,8-10,13-14H2,1H3,(H,26,30). The highest BCUT2D eigenvalue weighted by molar-refractivity contribution is 6.30. The maximum atomic E-state index is 12.9. The monoisotopic (exact) mass is 460 g/mol. The molecule has 32 heavy (non-hydrogen) atoms. The number of esters is 1. The number of halogens is 1. The van der Waals surface area contributed by atoms with Crippen molar-refractivity contribution in [2.75, 3.05) is 20.3 Å². The molecule has 2 heterocycles. The highest BCUT2D eigenvalue weighted by Gasteiger charge is 2.37. The zero-order valence-electron chi connectivity index (χ0n) is 17.7. The van der Waals surface area contributed by atoms with Crippen LogP contribution in [0, 0.1) is 0 Å². The van der Waals surface area contributed by atoms with E-state index >= 15 is 0 Å². The maximum absolute atomic E-state index is 12.9. The third kappa shape index (κ3) is 6.27. The van der Waals surface area contributed by atoms with Crippen LogP contribution in [0.5, 0.6) is 5.75 Å². The molecule has 9 heteroatoms. The summed E-state index contributed by atoms with van der Waals surface area (Å²) in [6.45, 7) is 0.852. The van der Waals surface area contributed by atoms with Crippen LogP contribution in [0.15, 0.2) is 36.5 Å². The number of hydrogen-bond acceptors (Lipinski definition) is 7. The number of Topliss-reactive ketones (excluding diaryl/α,β-unsaturated/α-hetero) is 1. The third-order valence-corrected chi connectivity index (χ3v) is 5.66. The quantitative estimate of drug-likeness (QED) is 0.582. The lowest BCUT2D eigenvalue weighted by Crippen LogP contribution is -2.53.